The lowest BCUT2D eigenvalue weighted by molar-refractivity contribution is -0.153. The highest BCUT2D eigenvalue weighted by Gasteiger charge is 2.50. The minimum atomic E-state index is -3.81. The molecule has 0 fully saturated rings. The topological polar surface area (TPSA) is 64.8 Å². The van der Waals surface area contributed by atoms with E-state index in [1.807, 2.05) is 20.8 Å². The maximum absolute atomic E-state index is 13.7. The molecular formula is C29H47NO4S. The molecule has 0 saturated carbocycles. The Balaban J connectivity index is 2.93. The van der Waals surface area contributed by atoms with Gasteiger partial charge in [-0.15, -0.1) is 0 Å². The van der Waals surface area contributed by atoms with Crippen molar-refractivity contribution in [3.8, 4) is 0 Å². The molecule has 5 nitrogen and oxygen atoms in total. The molecule has 0 aliphatic heterocycles. The predicted molar refractivity (Wildman–Crippen MR) is 144 cm³/mol. The number of hydrogen-bond acceptors (Lipinski definition) is 4. The molecule has 1 aromatic rings. The van der Waals surface area contributed by atoms with Gasteiger partial charge in [0.15, 0.2) is 0 Å². The van der Waals surface area contributed by atoms with Crippen LogP contribution in [0.1, 0.15) is 111 Å². The minimum Gasteiger partial charge on any atom is -0.466 e. The van der Waals surface area contributed by atoms with Crippen molar-refractivity contribution in [3.63, 3.8) is 0 Å². The molecule has 198 valence electrons. The first-order valence-corrected chi connectivity index (χ1v) is 14.6. The number of carbonyl (C=O) groups excluding carboxylic acids is 1. The van der Waals surface area contributed by atoms with Crippen LogP contribution in [-0.2, 0) is 19.4 Å². The van der Waals surface area contributed by atoms with E-state index in [4.69, 9.17) is 11.3 Å². The Labute approximate surface area is 214 Å². The quantitative estimate of drug-likeness (QED) is 0.138. The summed E-state index contributed by atoms with van der Waals surface area (Å²) in [6.45, 7) is 22.5. The normalized spacial score (nSPS) is 14.2. The van der Waals surface area contributed by atoms with Gasteiger partial charge in [-0.2, -0.15) is 0 Å². The molecule has 0 N–H and O–H groups in total. The first-order chi connectivity index (χ1) is 16.2. The van der Waals surface area contributed by atoms with Crippen molar-refractivity contribution < 1.29 is 17.9 Å². The second kappa shape index (κ2) is 13.4. The third kappa shape index (κ3) is 9.60. The van der Waals surface area contributed by atoms with Crippen LogP contribution >= 0.6 is 0 Å². The zero-order chi connectivity index (χ0) is 26.8. The summed E-state index contributed by atoms with van der Waals surface area (Å²) in [6.07, 6.45) is 7.29. The molecule has 0 spiro atoms. The van der Waals surface area contributed by atoms with Gasteiger partial charge in [-0.1, -0.05) is 64.2 Å². The molecular weight excluding hydrogens is 458 g/mol. The number of ether oxygens (including phenoxy) is 1. The Hall–Kier alpha value is -1.87. The molecule has 0 aromatic heterocycles. The summed E-state index contributed by atoms with van der Waals surface area (Å²) in [5.74, 6) is -0.201. The van der Waals surface area contributed by atoms with Gasteiger partial charge in [0.2, 0.25) is 0 Å². The Kier molecular flexibility index (Phi) is 12.0. The fourth-order valence-electron chi connectivity index (χ4n) is 4.31. The van der Waals surface area contributed by atoms with Gasteiger partial charge in [0.05, 0.1) is 16.9 Å². The summed E-state index contributed by atoms with van der Waals surface area (Å²) in [4.78, 5) is 14.8. The van der Waals surface area contributed by atoms with Crippen LogP contribution < -0.4 is 0 Å². The average Bonchev–Trinajstić information content (AvgIpc) is 2.76. The number of nitrogens with zero attached hydrogens (tertiary/aromatic N) is 1. The van der Waals surface area contributed by atoms with Crippen LogP contribution in [0.25, 0.3) is 4.85 Å². The van der Waals surface area contributed by atoms with Gasteiger partial charge in [-0.3, -0.25) is 9.64 Å². The van der Waals surface area contributed by atoms with Crippen molar-refractivity contribution in [3.05, 3.63) is 41.2 Å². The molecule has 0 bridgehead atoms. The Bertz CT molecular complexity index is 936. The van der Waals surface area contributed by atoms with Crippen molar-refractivity contribution >= 4 is 15.8 Å². The SMILES string of the molecule is [C-]#[N+]C(CCCCCC(C)(C)C)(CCCCCC(C)(C)C(=O)OCC)S(=O)(=O)c1ccc(C)cc1. The van der Waals surface area contributed by atoms with Crippen LogP contribution in [0.5, 0.6) is 0 Å². The zero-order valence-corrected chi connectivity index (χ0v) is 23.9. The standard InChI is InChI=1S/C29H47NO4S/c1-9-34-26(31)28(6,7)21-13-11-15-23-29(30-8,22-14-10-12-20-27(3,4)5)35(32,33)25-18-16-24(2)17-19-25/h16-19H,9-15,20-23H2,1-7H3. The molecule has 35 heavy (non-hydrogen) atoms. The zero-order valence-electron chi connectivity index (χ0n) is 23.1. The van der Waals surface area contributed by atoms with Crippen LogP contribution in [0.3, 0.4) is 0 Å². The van der Waals surface area contributed by atoms with Gasteiger partial charge in [-0.05, 0) is 70.9 Å². The third-order valence-corrected chi connectivity index (χ3v) is 9.12. The predicted octanol–water partition coefficient (Wildman–Crippen LogP) is 7.92. The number of carbonyl (C=O) groups is 1. The van der Waals surface area contributed by atoms with Crippen molar-refractivity contribution in [1.29, 1.82) is 0 Å². The first kappa shape index (κ1) is 31.2. The van der Waals surface area contributed by atoms with E-state index < -0.39 is 20.1 Å². The fourth-order valence-corrected chi connectivity index (χ4v) is 6.19. The number of hydrogen-bond donors (Lipinski definition) is 0. The monoisotopic (exact) mass is 505 g/mol. The summed E-state index contributed by atoms with van der Waals surface area (Å²) in [7, 11) is -3.81. The molecule has 0 saturated heterocycles. The van der Waals surface area contributed by atoms with Crippen molar-refractivity contribution in [1.82, 2.24) is 0 Å². The summed E-state index contributed by atoms with van der Waals surface area (Å²) < 4.78 is 32.6. The molecule has 6 heteroatoms. The molecule has 0 amide bonds. The van der Waals surface area contributed by atoms with E-state index >= 15 is 0 Å². The van der Waals surface area contributed by atoms with E-state index in [1.54, 1.807) is 31.2 Å². The molecule has 0 aliphatic carbocycles. The van der Waals surface area contributed by atoms with Gasteiger partial charge in [0, 0.05) is 12.8 Å². The van der Waals surface area contributed by atoms with Crippen LogP contribution in [-0.4, -0.2) is 25.9 Å². The Morgan fingerprint density at radius 3 is 1.80 bits per heavy atom. The molecule has 1 atom stereocenters. The summed E-state index contributed by atoms with van der Waals surface area (Å²) in [5, 5.41) is 0. The van der Waals surface area contributed by atoms with Crippen molar-refractivity contribution in [2.24, 2.45) is 10.8 Å². The number of unbranched alkanes of at least 4 members (excludes halogenated alkanes) is 4. The third-order valence-electron chi connectivity index (χ3n) is 6.73. The van der Waals surface area contributed by atoms with Gasteiger partial charge in [-0.25, -0.2) is 15.0 Å². The molecule has 0 aliphatic rings. The second-order valence-corrected chi connectivity index (χ2v) is 13.9. The number of rotatable bonds is 15. The minimum absolute atomic E-state index is 0.201. The lowest BCUT2D eigenvalue weighted by Gasteiger charge is -2.24. The van der Waals surface area contributed by atoms with E-state index in [9.17, 15) is 13.2 Å². The summed E-state index contributed by atoms with van der Waals surface area (Å²) >= 11 is 0. The molecule has 1 unspecified atom stereocenters. The largest absolute Gasteiger partial charge is 0.466 e. The molecule has 0 heterocycles. The highest BCUT2D eigenvalue weighted by Crippen LogP contribution is 2.38. The smallest absolute Gasteiger partial charge is 0.333 e. The van der Waals surface area contributed by atoms with Crippen LogP contribution in [0.2, 0.25) is 0 Å². The average molecular weight is 506 g/mol. The molecule has 1 aromatic carbocycles. The van der Waals surface area contributed by atoms with E-state index in [2.05, 4.69) is 25.6 Å². The van der Waals surface area contributed by atoms with E-state index in [0.29, 0.717) is 32.3 Å². The van der Waals surface area contributed by atoms with Crippen LogP contribution in [0.15, 0.2) is 29.2 Å². The first-order valence-electron chi connectivity index (χ1n) is 13.1. The second-order valence-electron chi connectivity index (χ2n) is 11.7. The number of sulfone groups is 1. The fraction of sp³-hybridized carbons (Fsp3) is 0.724. The maximum atomic E-state index is 13.7. The van der Waals surface area contributed by atoms with E-state index in [1.165, 1.54) is 0 Å². The van der Waals surface area contributed by atoms with Crippen LogP contribution in [0.4, 0.5) is 0 Å². The molecule has 0 radical (unpaired) electrons. The van der Waals surface area contributed by atoms with Crippen molar-refractivity contribution in [2.45, 2.75) is 122 Å². The Morgan fingerprint density at radius 1 is 0.857 bits per heavy atom. The Morgan fingerprint density at radius 2 is 1.34 bits per heavy atom. The summed E-state index contributed by atoms with van der Waals surface area (Å²) in [5.41, 5.74) is 0.680. The lowest BCUT2D eigenvalue weighted by Crippen LogP contribution is -2.35. The van der Waals surface area contributed by atoms with E-state index in [-0.39, 0.29) is 16.3 Å². The van der Waals surface area contributed by atoms with Crippen molar-refractivity contribution in [2.75, 3.05) is 6.61 Å². The van der Waals surface area contributed by atoms with Gasteiger partial charge in [0.25, 0.3) is 9.84 Å². The van der Waals surface area contributed by atoms with E-state index in [0.717, 1.165) is 44.1 Å². The number of esters is 1. The van der Waals surface area contributed by atoms with Gasteiger partial charge in [0.1, 0.15) is 0 Å². The van der Waals surface area contributed by atoms with Gasteiger partial charge >= 0.3 is 10.8 Å². The maximum Gasteiger partial charge on any atom is 0.333 e. The van der Waals surface area contributed by atoms with Crippen LogP contribution in [0, 0.1) is 24.3 Å². The van der Waals surface area contributed by atoms with Gasteiger partial charge < -0.3 is 4.74 Å². The summed E-state index contributed by atoms with van der Waals surface area (Å²) in [6, 6.07) is 6.85. The number of aryl methyl sites for hydroxylation is 1. The highest BCUT2D eigenvalue weighted by atomic mass is 32.2. The number of benzene rings is 1. The highest BCUT2D eigenvalue weighted by molar-refractivity contribution is 7.93. The lowest BCUT2D eigenvalue weighted by atomic mass is 9.86. The molecule has 1 rings (SSSR count).